The molecule has 4 heteroatoms. The van der Waals surface area contributed by atoms with Crippen LogP contribution >= 0.6 is 17.4 Å². The monoisotopic (exact) mass is 412 g/mol. The van der Waals surface area contributed by atoms with Crippen molar-refractivity contribution in [2.75, 3.05) is 14.2 Å². The van der Waals surface area contributed by atoms with Gasteiger partial charge < -0.3 is 9.47 Å². The molecular weight excluding hydrogens is 382 g/mol. The molecule has 0 saturated heterocycles. The molecule has 0 bridgehead atoms. The van der Waals surface area contributed by atoms with Gasteiger partial charge in [0.1, 0.15) is 11.5 Å². The van der Waals surface area contributed by atoms with E-state index >= 15 is 0 Å². The van der Waals surface area contributed by atoms with Gasteiger partial charge in [0.15, 0.2) is 0 Å². The van der Waals surface area contributed by atoms with Crippen LogP contribution in [0.15, 0.2) is 59.7 Å². The molecule has 2 atom stereocenters. The second-order valence-corrected chi connectivity index (χ2v) is 10.6. The molecule has 0 radical (unpaired) electrons. The Morgan fingerprint density at radius 1 is 0.893 bits per heavy atom. The first-order valence-corrected chi connectivity index (χ1v) is 11.0. The van der Waals surface area contributed by atoms with Crippen molar-refractivity contribution in [2.24, 2.45) is 0 Å². The first-order valence-electron chi connectivity index (χ1n) is 9.57. The van der Waals surface area contributed by atoms with Gasteiger partial charge in [0.25, 0.3) is 0 Å². The molecule has 0 spiro atoms. The highest BCUT2D eigenvalue weighted by Crippen LogP contribution is 2.56. The second-order valence-electron chi connectivity index (χ2n) is 7.77. The SMILES string of the molecule is COc1ccccc1C(P)(CC1(C)P=C(C)C(C)=C1C)c1ccccc1OC. The lowest BCUT2D eigenvalue weighted by molar-refractivity contribution is 0.390. The molecule has 2 nitrogen and oxygen atoms in total. The predicted molar refractivity (Wildman–Crippen MR) is 125 cm³/mol. The van der Waals surface area contributed by atoms with Gasteiger partial charge >= 0.3 is 0 Å². The van der Waals surface area contributed by atoms with Gasteiger partial charge in [-0.1, -0.05) is 50.2 Å². The summed E-state index contributed by atoms with van der Waals surface area (Å²) in [6.07, 6.45) is 0.938. The minimum Gasteiger partial charge on any atom is -0.496 e. The van der Waals surface area contributed by atoms with Gasteiger partial charge in [-0.2, -0.15) is 0 Å². The molecule has 1 aliphatic rings. The van der Waals surface area contributed by atoms with Crippen LogP contribution in [0.1, 0.15) is 45.2 Å². The van der Waals surface area contributed by atoms with Gasteiger partial charge in [-0.15, -0.1) is 9.24 Å². The molecule has 1 heterocycles. The van der Waals surface area contributed by atoms with E-state index in [2.05, 4.69) is 61.2 Å². The Kier molecular flexibility index (Phi) is 6.04. The van der Waals surface area contributed by atoms with Gasteiger partial charge in [-0.3, -0.25) is 0 Å². The highest BCUT2D eigenvalue weighted by molar-refractivity contribution is 7.44. The number of hydrogen-bond acceptors (Lipinski definition) is 2. The molecule has 0 aromatic heterocycles. The average Bonchev–Trinajstić information content (AvgIpc) is 2.90. The second kappa shape index (κ2) is 8.02. The quantitative estimate of drug-likeness (QED) is 0.507. The van der Waals surface area contributed by atoms with Crippen LogP contribution < -0.4 is 9.47 Å². The molecule has 0 saturated carbocycles. The van der Waals surface area contributed by atoms with E-state index in [0.717, 1.165) is 17.9 Å². The topological polar surface area (TPSA) is 18.5 Å². The summed E-state index contributed by atoms with van der Waals surface area (Å²) in [4.78, 5) is 0. The van der Waals surface area contributed by atoms with Crippen LogP contribution in [0.2, 0.25) is 0 Å². The van der Waals surface area contributed by atoms with E-state index in [0.29, 0.717) is 0 Å². The summed E-state index contributed by atoms with van der Waals surface area (Å²) in [6, 6.07) is 16.7. The average molecular weight is 412 g/mol. The first kappa shape index (κ1) is 21.1. The maximum Gasteiger partial charge on any atom is 0.123 e. The molecular formula is C24H30O2P2. The summed E-state index contributed by atoms with van der Waals surface area (Å²) >= 11 is 0. The lowest BCUT2D eigenvalue weighted by Gasteiger charge is -2.39. The van der Waals surface area contributed by atoms with Crippen molar-refractivity contribution < 1.29 is 9.47 Å². The Hall–Kier alpha value is -1.62. The number of allylic oxidation sites excluding steroid dienone is 2. The lowest BCUT2D eigenvalue weighted by Crippen LogP contribution is -2.32. The lowest BCUT2D eigenvalue weighted by atomic mass is 9.79. The minimum absolute atomic E-state index is 0.0532. The van der Waals surface area contributed by atoms with E-state index in [1.165, 1.54) is 35.8 Å². The Balaban J connectivity index is 2.25. The minimum atomic E-state index is -0.340. The van der Waals surface area contributed by atoms with Gasteiger partial charge in [0.05, 0.1) is 14.2 Å². The van der Waals surface area contributed by atoms with Gasteiger partial charge in [-0.05, 0) is 57.1 Å². The number of benzene rings is 2. The number of methoxy groups -OCH3 is 2. The van der Waals surface area contributed by atoms with Crippen LogP contribution in [-0.4, -0.2) is 24.7 Å². The van der Waals surface area contributed by atoms with Crippen LogP contribution in [0.25, 0.3) is 0 Å². The molecule has 28 heavy (non-hydrogen) atoms. The molecule has 148 valence electrons. The molecule has 0 N–H and O–H groups in total. The molecule has 0 aliphatic carbocycles. The van der Waals surface area contributed by atoms with Crippen molar-refractivity contribution >= 4 is 22.7 Å². The number of rotatable bonds is 6. The van der Waals surface area contributed by atoms with E-state index in [4.69, 9.17) is 9.47 Å². The number of ether oxygens (including phenoxy) is 2. The van der Waals surface area contributed by atoms with Crippen molar-refractivity contribution in [3.8, 4) is 11.5 Å². The van der Waals surface area contributed by atoms with Crippen molar-refractivity contribution in [3.05, 3.63) is 70.8 Å². The Morgan fingerprint density at radius 2 is 1.36 bits per heavy atom. The van der Waals surface area contributed by atoms with Gasteiger partial charge in [0.2, 0.25) is 0 Å². The van der Waals surface area contributed by atoms with Crippen LogP contribution in [0.5, 0.6) is 11.5 Å². The Morgan fingerprint density at radius 3 is 1.75 bits per heavy atom. The van der Waals surface area contributed by atoms with Crippen molar-refractivity contribution in [1.82, 2.24) is 0 Å². The zero-order chi connectivity index (χ0) is 20.5. The first-order chi connectivity index (χ1) is 13.3. The van der Waals surface area contributed by atoms with Crippen LogP contribution in [0.3, 0.4) is 0 Å². The maximum atomic E-state index is 5.78. The molecule has 2 aromatic rings. The number of para-hydroxylation sites is 2. The van der Waals surface area contributed by atoms with Crippen LogP contribution in [-0.2, 0) is 5.16 Å². The summed E-state index contributed by atoms with van der Waals surface area (Å²) in [6.45, 7) is 9.17. The predicted octanol–water partition coefficient (Wildman–Crippen LogP) is 6.46. The fraction of sp³-hybridized carbons (Fsp3) is 0.375. The normalized spacial score (nSPS) is 20.2. The Labute approximate surface area is 173 Å². The highest BCUT2D eigenvalue weighted by atomic mass is 31.1. The summed E-state index contributed by atoms with van der Waals surface area (Å²) in [5, 5.41) is 1.18. The zero-order valence-electron chi connectivity index (χ0n) is 17.7. The van der Waals surface area contributed by atoms with Crippen LogP contribution in [0.4, 0.5) is 0 Å². The summed E-state index contributed by atoms with van der Waals surface area (Å²) in [5.41, 5.74) is 5.25. The molecule has 1 aliphatic heterocycles. The van der Waals surface area contributed by atoms with E-state index in [-0.39, 0.29) is 10.3 Å². The third-order valence-corrected chi connectivity index (χ3v) is 8.61. The number of hydrogen-bond donors (Lipinski definition) is 0. The third-order valence-electron chi connectivity index (χ3n) is 6.13. The largest absolute Gasteiger partial charge is 0.496 e. The summed E-state index contributed by atoms with van der Waals surface area (Å²) in [7, 11) is 8.04. The molecule has 2 aromatic carbocycles. The van der Waals surface area contributed by atoms with Gasteiger partial charge in [-0.25, -0.2) is 0 Å². The van der Waals surface area contributed by atoms with E-state index in [9.17, 15) is 0 Å². The standard InChI is InChI=1S/C24H30O2P2/c1-16-17(2)23(4,28-18(16)3)15-24(27,19-11-7-9-13-21(19)25-5)20-12-8-10-14-22(20)26-6/h7-14H,15,27H2,1-6H3. The van der Waals surface area contributed by atoms with E-state index in [1.54, 1.807) is 14.2 Å². The van der Waals surface area contributed by atoms with Crippen molar-refractivity contribution in [3.63, 3.8) is 0 Å². The fourth-order valence-electron chi connectivity index (χ4n) is 4.29. The van der Waals surface area contributed by atoms with Gasteiger partial charge in [0, 0.05) is 21.4 Å². The molecule has 0 amide bonds. The zero-order valence-corrected chi connectivity index (χ0v) is 19.7. The summed E-state index contributed by atoms with van der Waals surface area (Å²) < 4.78 is 11.6. The van der Waals surface area contributed by atoms with Crippen LogP contribution in [0, 0.1) is 0 Å². The van der Waals surface area contributed by atoms with E-state index < -0.39 is 0 Å². The molecule has 3 rings (SSSR count). The Bertz CT molecular complexity index is 898. The molecule has 2 unspecified atom stereocenters. The van der Waals surface area contributed by atoms with Crippen molar-refractivity contribution in [1.29, 1.82) is 0 Å². The van der Waals surface area contributed by atoms with E-state index in [1.807, 2.05) is 24.3 Å². The third kappa shape index (κ3) is 3.54. The fourth-order valence-corrected chi connectivity index (χ4v) is 7.09. The molecule has 0 fully saturated rings. The smallest absolute Gasteiger partial charge is 0.123 e. The van der Waals surface area contributed by atoms with Crippen molar-refractivity contribution in [2.45, 2.75) is 44.4 Å². The maximum absolute atomic E-state index is 5.78. The summed E-state index contributed by atoms with van der Waals surface area (Å²) in [5.74, 6) is 1.81. The highest BCUT2D eigenvalue weighted by Gasteiger charge is 2.43.